The normalized spacial score (nSPS) is 16.7. The molecule has 0 bridgehead atoms. The third-order valence-corrected chi connectivity index (χ3v) is 4.57. The highest BCUT2D eigenvalue weighted by Gasteiger charge is 2.22. The van der Waals surface area contributed by atoms with Gasteiger partial charge in [0.2, 0.25) is 0 Å². The number of morpholine rings is 1. The van der Waals surface area contributed by atoms with Crippen molar-refractivity contribution in [3.63, 3.8) is 0 Å². The van der Waals surface area contributed by atoms with E-state index in [0.717, 1.165) is 51.6 Å². The minimum Gasteiger partial charge on any atom is -0.379 e. The van der Waals surface area contributed by atoms with E-state index in [1.54, 1.807) is 0 Å². The Morgan fingerprint density at radius 2 is 2.24 bits per heavy atom. The Hall–Kier alpha value is -2.02. The number of nitrogens with zero attached hydrogens (tertiary/aromatic N) is 4. The van der Waals surface area contributed by atoms with Crippen molar-refractivity contribution in [2.45, 2.75) is 26.1 Å². The molecular formula is C19H27N5O. The number of allylic oxidation sites excluding steroid dienone is 1. The summed E-state index contributed by atoms with van der Waals surface area (Å²) in [5.74, 6) is 0. The largest absolute Gasteiger partial charge is 0.379 e. The van der Waals surface area contributed by atoms with Crippen LogP contribution in [0.5, 0.6) is 0 Å². The van der Waals surface area contributed by atoms with Gasteiger partial charge in [-0.05, 0) is 18.6 Å². The minimum absolute atomic E-state index is 0.307. The molecule has 134 valence electrons. The van der Waals surface area contributed by atoms with Crippen LogP contribution in [-0.4, -0.2) is 52.5 Å². The van der Waals surface area contributed by atoms with Crippen LogP contribution in [0.4, 0.5) is 0 Å². The van der Waals surface area contributed by atoms with Crippen molar-refractivity contribution in [1.29, 1.82) is 0 Å². The molecule has 25 heavy (non-hydrogen) atoms. The Morgan fingerprint density at radius 1 is 1.40 bits per heavy atom. The summed E-state index contributed by atoms with van der Waals surface area (Å²) in [6, 6.07) is 4.47. The summed E-state index contributed by atoms with van der Waals surface area (Å²) < 4.78 is 7.43. The number of aromatic nitrogens is 3. The van der Waals surface area contributed by atoms with Crippen LogP contribution in [0.15, 0.2) is 43.4 Å². The van der Waals surface area contributed by atoms with Crippen LogP contribution in [0.1, 0.15) is 22.9 Å². The summed E-state index contributed by atoms with van der Waals surface area (Å²) in [7, 11) is 0. The molecule has 2 aromatic heterocycles. The maximum absolute atomic E-state index is 5.50. The van der Waals surface area contributed by atoms with Gasteiger partial charge in [0, 0.05) is 56.4 Å². The lowest BCUT2D eigenvalue weighted by atomic mass is 10.1. The minimum atomic E-state index is 0.307. The van der Waals surface area contributed by atoms with Gasteiger partial charge in [0.25, 0.3) is 0 Å². The zero-order chi connectivity index (χ0) is 17.5. The molecule has 0 aromatic carbocycles. The molecule has 3 heterocycles. The average Bonchev–Trinajstić information content (AvgIpc) is 3.00. The van der Waals surface area contributed by atoms with Gasteiger partial charge in [-0.2, -0.15) is 5.10 Å². The molecule has 1 aliphatic heterocycles. The van der Waals surface area contributed by atoms with Crippen LogP contribution in [0, 0.1) is 6.92 Å². The first-order chi connectivity index (χ1) is 12.3. The van der Waals surface area contributed by atoms with E-state index in [0.29, 0.717) is 6.04 Å². The number of aryl methyl sites for hydroxylation is 1. The second kappa shape index (κ2) is 8.89. The zero-order valence-corrected chi connectivity index (χ0v) is 14.9. The third kappa shape index (κ3) is 4.75. The molecule has 1 saturated heterocycles. The lowest BCUT2D eigenvalue weighted by Crippen LogP contribution is -2.42. The topological polar surface area (TPSA) is 55.2 Å². The third-order valence-electron chi connectivity index (χ3n) is 4.57. The Balaban J connectivity index is 1.63. The summed E-state index contributed by atoms with van der Waals surface area (Å²) in [6.07, 6.45) is 7.75. The Labute approximate surface area is 149 Å². The molecule has 0 amide bonds. The second-order valence-electron chi connectivity index (χ2n) is 6.33. The molecule has 3 rings (SSSR count). The molecule has 1 N–H and O–H groups in total. The predicted octanol–water partition coefficient (Wildman–Crippen LogP) is 1.94. The van der Waals surface area contributed by atoms with E-state index in [2.05, 4.69) is 46.1 Å². The maximum atomic E-state index is 5.50. The average molecular weight is 341 g/mol. The molecule has 1 fully saturated rings. The standard InChI is InChI=1S/C19H27N5O/c1-3-7-24-15-18(16(2)22-24)13-21-14-19(17-5-4-6-20-12-17)23-8-10-25-11-9-23/h3-6,12,15,19,21H,1,7-11,13-14H2,2H3. The van der Waals surface area contributed by atoms with Crippen LogP contribution in [0.2, 0.25) is 0 Å². The van der Waals surface area contributed by atoms with Crippen molar-refractivity contribution < 1.29 is 4.74 Å². The van der Waals surface area contributed by atoms with E-state index in [-0.39, 0.29) is 0 Å². The first-order valence-electron chi connectivity index (χ1n) is 8.84. The number of ether oxygens (including phenoxy) is 1. The van der Waals surface area contributed by atoms with Gasteiger partial charge in [0.1, 0.15) is 0 Å². The fourth-order valence-electron chi connectivity index (χ4n) is 3.22. The van der Waals surface area contributed by atoms with Gasteiger partial charge in [-0.1, -0.05) is 12.1 Å². The monoisotopic (exact) mass is 341 g/mol. The van der Waals surface area contributed by atoms with E-state index >= 15 is 0 Å². The van der Waals surface area contributed by atoms with E-state index in [9.17, 15) is 0 Å². The van der Waals surface area contributed by atoms with Crippen LogP contribution >= 0.6 is 0 Å². The molecule has 6 heteroatoms. The van der Waals surface area contributed by atoms with Crippen molar-refractivity contribution in [3.05, 3.63) is 60.2 Å². The zero-order valence-electron chi connectivity index (χ0n) is 14.9. The first kappa shape index (κ1) is 17.8. The number of pyridine rings is 1. The highest BCUT2D eigenvalue weighted by molar-refractivity contribution is 5.17. The van der Waals surface area contributed by atoms with E-state index in [4.69, 9.17) is 4.74 Å². The molecule has 0 spiro atoms. The summed E-state index contributed by atoms with van der Waals surface area (Å²) in [5, 5.41) is 8.12. The maximum Gasteiger partial charge on any atom is 0.0638 e. The molecule has 6 nitrogen and oxygen atoms in total. The van der Waals surface area contributed by atoms with Crippen molar-refractivity contribution in [2.75, 3.05) is 32.8 Å². The molecule has 0 radical (unpaired) electrons. The van der Waals surface area contributed by atoms with Crippen LogP contribution in [0.3, 0.4) is 0 Å². The van der Waals surface area contributed by atoms with E-state index in [1.165, 1.54) is 11.1 Å². The lowest BCUT2D eigenvalue weighted by molar-refractivity contribution is 0.0160. The number of hydrogen-bond donors (Lipinski definition) is 1. The first-order valence-corrected chi connectivity index (χ1v) is 8.84. The lowest BCUT2D eigenvalue weighted by Gasteiger charge is -2.34. The molecule has 0 aliphatic carbocycles. The number of rotatable bonds is 8. The Bertz CT molecular complexity index is 664. The summed E-state index contributed by atoms with van der Waals surface area (Å²) >= 11 is 0. The van der Waals surface area contributed by atoms with Crippen LogP contribution < -0.4 is 5.32 Å². The van der Waals surface area contributed by atoms with E-state index < -0.39 is 0 Å². The van der Waals surface area contributed by atoms with Gasteiger partial charge in [-0.3, -0.25) is 14.6 Å². The quantitative estimate of drug-likeness (QED) is 0.744. The molecule has 1 unspecified atom stereocenters. The van der Waals surface area contributed by atoms with Gasteiger partial charge in [-0.25, -0.2) is 0 Å². The van der Waals surface area contributed by atoms with Crippen molar-refractivity contribution in [1.82, 2.24) is 25.0 Å². The predicted molar refractivity (Wildman–Crippen MR) is 98.2 cm³/mol. The van der Waals surface area contributed by atoms with Gasteiger partial charge < -0.3 is 10.1 Å². The van der Waals surface area contributed by atoms with Gasteiger partial charge in [0.05, 0.1) is 25.5 Å². The van der Waals surface area contributed by atoms with Gasteiger partial charge in [-0.15, -0.1) is 6.58 Å². The molecule has 1 aliphatic rings. The van der Waals surface area contributed by atoms with Crippen LogP contribution in [-0.2, 0) is 17.8 Å². The van der Waals surface area contributed by atoms with Crippen molar-refractivity contribution >= 4 is 0 Å². The fraction of sp³-hybridized carbons (Fsp3) is 0.474. The summed E-state index contributed by atoms with van der Waals surface area (Å²) in [6.45, 7) is 11.7. The molecular weight excluding hydrogens is 314 g/mol. The molecule has 0 saturated carbocycles. The van der Waals surface area contributed by atoms with Crippen molar-refractivity contribution in [3.8, 4) is 0 Å². The highest BCUT2D eigenvalue weighted by atomic mass is 16.5. The number of nitrogens with one attached hydrogen (secondary N) is 1. The van der Waals surface area contributed by atoms with Crippen molar-refractivity contribution in [2.24, 2.45) is 0 Å². The Kier molecular flexibility index (Phi) is 6.33. The smallest absolute Gasteiger partial charge is 0.0638 e. The second-order valence-corrected chi connectivity index (χ2v) is 6.33. The Morgan fingerprint density at radius 3 is 2.96 bits per heavy atom. The fourth-order valence-corrected chi connectivity index (χ4v) is 3.22. The SMILES string of the molecule is C=CCn1cc(CNCC(c2cccnc2)N2CCOCC2)c(C)n1. The number of hydrogen-bond acceptors (Lipinski definition) is 5. The summed E-state index contributed by atoms with van der Waals surface area (Å²) in [5.41, 5.74) is 3.54. The highest BCUT2D eigenvalue weighted by Crippen LogP contribution is 2.20. The molecule has 2 aromatic rings. The van der Waals surface area contributed by atoms with Gasteiger partial charge >= 0.3 is 0 Å². The van der Waals surface area contributed by atoms with Crippen LogP contribution in [0.25, 0.3) is 0 Å². The molecule has 1 atom stereocenters. The summed E-state index contributed by atoms with van der Waals surface area (Å²) in [4.78, 5) is 6.77. The van der Waals surface area contributed by atoms with Gasteiger partial charge in [0.15, 0.2) is 0 Å². The van der Waals surface area contributed by atoms with E-state index in [1.807, 2.05) is 29.2 Å².